The van der Waals surface area contributed by atoms with Gasteiger partial charge in [0.1, 0.15) is 6.04 Å². The highest BCUT2D eigenvalue weighted by atomic mass is 16.6. The SMILES string of the molecule is CCCC[C@H](OC(=O)[C@@H](N)Cc1ccccc1)C(=O)O. The van der Waals surface area contributed by atoms with Gasteiger partial charge in [-0.2, -0.15) is 0 Å². The zero-order valence-electron chi connectivity index (χ0n) is 11.6. The molecular formula is C15H21NO4. The second kappa shape index (κ2) is 8.32. The lowest BCUT2D eigenvalue weighted by Crippen LogP contribution is -2.38. The van der Waals surface area contributed by atoms with Crippen molar-refractivity contribution >= 4 is 11.9 Å². The molecule has 0 radical (unpaired) electrons. The number of unbranched alkanes of at least 4 members (excludes halogenated alkanes) is 1. The van der Waals surface area contributed by atoms with Gasteiger partial charge in [0, 0.05) is 0 Å². The lowest BCUT2D eigenvalue weighted by Gasteiger charge is -2.16. The molecule has 1 rings (SSSR count). The average molecular weight is 279 g/mol. The Morgan fingerprint density at radius 2 is 1.95 bits per heavy atom. The highest BCUT2D eigenvalue weighted by molar-refractivity contribution is 5.81. The molecule has 0 amide bonds. The predicted molar refractivity (Wildman–Crippen MR) is 75.2 cm³/mol. The van der Waals surface area contributed by atoms with Crippen LogP contribution in [0.15, 0.2) is 30.3 Å². The van der Waals surface area contributed by atoms with Crippen LogP contribution in [0.5, 0.6) is 0 Å². The second-order valence-corrected chi connectivity index (χ2v) is 4.70. The van der Waals surface area contributed by atoms with Crippen LogP contribution in [0.3, 0.4) is 0 Å². The standard InChI is InChI=1S/C15H21NO4/c1-2-3-9-13(14(17)18)20-15(19)12(16)10-11-7-5-4-6-8-11/h4-8,12-13H,2-3,9-10,16H2,1H3,(H,17,18)/t12-,13-/m0/s1. The van der Waals surface area contributed by atoms with Crippen LogP contribution in [0.2, 0.25) is 0 Å². The first kappa shape index (κ1) is 16.2. The van der Waals surface area contributed by atoms with Crippen LogP contribution >= 0.6 is 0 Å². The third-order valence-electron chi connectivity index (χ3n) is 2.95. The van der Waals surface area contributed by atoms with Crippen molar-refractivity contribution < 1.29 is 19.4 Å². The minimum absolute atomic E-state index is 0.315. The molecule has 1 aromatic rings. The molecule has 0 aliphatic rings. The van der Waals surface area contributed by atoms with Gasteiger partial charge in [0.25, 0.3) is 0 Å². The lowest BCUT2D eigenvalue weighted by atomic mass is 10.1. The molecule has 0 aromatic heterocycles. The molecule has 2 atom stereocenters. The Hall–Kier alpha value is -1.88. The molecule has 0 bridgehead atoms. The van der Waals surface area contributed by atoms with Crippen molar-refractivity contribution in [1.82, 2.24) is 0 Å². The Morgan fingerprint density at radius 3 is 2.50 bits per heavy atom. The molecule has 0 fully saturated rings. The molecule has 5 heteroatoms. The van der Waals surface area contributed by atoms with Crippen molar-refractivity contribution in [3.63, 3.8) is 0 Å². The summed E-state index contributed by atoms with van der Waals surface area (Å²) < 4.78 is 4.98. The molecular weight excluding hydrogens is 258 g/mol. The van der Waals surface area contributed by atoms with Crippen LogP contribution in [-0.4, -0.2) is 29.2 Å². The van der Waals surface area contributed by atoms with Crippen LogP contribution in [0.25, 0.3) is 0 Å². The number of carboxylic acid groups (broad SMARTS) is 1. The number of nitrogens with two attached hydrogens (primary N) is 1. The zero-order valence-corrected chi connectivity index (χ0v) is 11.6. The smallest absolute Gasteiger partial charge is 0.345 e. The highest BCUT2D eigenvalue weighted by Gasteiger charge is 2.25. The Bertz CT molecular complexity index is 433. The van der Waals surface area contributed by atoms with Crippen molar-refractivity contribution in [1.29, 1.82) is 0 Å². The minimum Gasteiger partial charge on any atom is -0.479 e. The molecule has 0 heterocycles. The number of esters is 1. The molecule has 5 nitrogen and oxygen atoms in total. The van der Waals surface area contributed by atoms with E-state index in [1.54, 1.807) is 0 Å². The summed E-state index contributed by atoms with van der Waals surface area (Å²) >= 11 is 0. The van der Waals surface area contributed by atoms with Crippen LogP contribution in [0.1, 0.15) is 31.7 Å². The number of carbonyl (C=O) groups excluding carboxylic acids is 1. The van der Waals surface area contributed by atoms with Crippen LogP contribution in [-0.2, 0) is 20.7 Å². The van der Waals surface area contributed by atoms with Gasteiger partial charge < -0.3 is 15.6 Å². The molecule has 20 heavy (non-hydrogen) atoms. The van der Waals surface area contributed by atoms with E-state index in [0.29, 0.717) is 19.3 Å². The fourth-order valence-electron chi connectivity index (χ4n) is 1.80. The van der Waals surface area contributed by atoms with Gasteiger partial charge in [-0.3, -0.25) is 4.79 Å². The molecule has 110 valence electrons. The third kappa shape index (κ3) is 5.40. The molecule has 0 aliphatic carbocycles. The molecule has 1 aromatic carbocycles. The number of carboxylic acids is 1. The number of aliphatic carboxylic acids is 1. The van der Waals surface area contributed by atoms with E-state index in [9.17, 15) is 9.59 Å². The summed E-state index contributed by atoms with van der Waals surface area (Å²) in [4.78, 5) is 22.8. The number of hydrogen-bond donors (Lipinski definition) is 2. The molecule has 0 unspecified atom stereocenters. The topological polar surface area (TPSA) is 89.6 Å². The van der Waals surface area contributed by atoms with Gasteiger partial charge >= 0.3 is 11.9 Å². The first-order valence-corrected chi connectivity index (χ1v) is 6.77. The summed E-state index contributed by atoms with van der Waals surface area (Å²) in [5, 5.41) is 9.00. The van der Waals surface area contributed by atoms with E-state index in [1.165, 1.54) is 0 Å². The van der Waals surface area contributed by atoms with Gasteiger partial charge in [-0.15, -0.1) is 0 Å². The number of rotatable bonds is 8. The number of benzene rings is 1. The molecule has 0 spiro atoms. The Morgan fingerprint density at radius 1 is 1.30 bits per heavy atom. The fourth-order valence-corrected chi connectivity index (χ4v) is 1.80. The maximum absolute atomic E-state index is 11.8. The van der Waals surface area contributed by atoms with E-state index < -0.39 is 24.1 Å². The van der Waals surface area contributed by atoms with Gasteiger partial charge in [-0.05, 0) is 24.8 Å². The van der Waals surface area contributed by atoms with Gasteiger partial charge in [0.05, 0.1) is 0 Å². The molecule has 0 saturated heterocycles. The monoisotopic (exact) mass is 279 g/mol. The van der Waals surface area contributed by atoms with Gasteiger partial charge in [0.2, 0.25) is 0 Å². The summed E-state index contributed by atoms with van der Waals surface area (Å²) in [6, 6.07) is 8.46. The van der Waals surface area contributed by atoms with E-state index in [2.05, 4.69) is 0 Å². The van der Waals surface area contributed by atoms with Crippen LogP contribution < -0.4 is 5.73 Å². The average Bonchev–Trinajstić information content (AvgIpc) is 2.43. The fraction of sp³-hybridized carbons (Fsp3) is 0.467. The van der Waals surface area contributed by atoms with E-state index in [-0.39, 0.29) is 0 Å². The number of carbonyl (C=O) groups is 2. The first-order chi connectivity index (χ1) is 9.54. The van der Waals surface area contributed by atoms with Gasteiger partial charge in [-0.1, -0.05) is 43.7 Å². The predicted octanol–water partition coefficient (Wildman–Crippen LogP) is 1.74. The van der Waals surface area contributed by atoms with Gasteiger partial charge in [-0.25, -0.2) is 4.79 Å². The molecule has 0 aliphatic heterocycles. The Labute approximate surface area is 118 Å². The summed E-state index contributed by atoms with van der Waals surface area (Å²) in [6.07, 6.45) is 1.08. The number of ether oxygens (including phenoxy) is 1. The van der Waals surface area contributed by atoms with Crippen molar-refractivity contribution in [3.8, 4) is 0 Å². The molecule has 3 N–H and O–H groups in total. The van der Waals surface area contributed by atoms with Crippen molar-refractivity contribution in [2.24, 2.45) is 5.73 Å². The lowest BCUT2D eigenvalue weighted by molar-refractivity contribution is -0.165. The maximum Gasteiger partial charge on any atom is 0.345 e. The molecule has 0 saturated carbocycles. The minimum atomic E-state index is -1.13. The van der Waals surface area contributed by atoms with Crippen molar-refractivity contribution in [3.05, 3.63) is 35.9 Å². The Kier molecular flexibility index (Phi) is 6.73. The summed E-state index contributed by atoms with van der Waals surface area (Å²) in [6.45, 7) is 1.95. The first-order valence-electron chi connectivity index (χ1n) is 6.77. The third-order valence-corrected chi connectivity index (χ3v) is 2.95. The summed E-state index contributed by atoms with van der Waals surface area (Å²) in [7, 11) is 0. The maximum atomic E-state index is 11.8. The van der Waals surface area contributed by atoms with Crippen molar-refractivity contribution in [2.75, 3.05) is 0 Å². The number of hydrogen-bond acceptors (Lipinski definition) is 4. The van der Waals surface area contributed by atoms with E-state index >= 15 is 0 Å². The van der Waals surface area contributed by atoms with Crippen molar-refractivity contribution in [2.45, 2.75) is 44.8 Å². The Balaban J connectivity index is 2.53. The van der Waals surface area contributed by atoms with Gasteiger partial charge in [0.15, 0.2) is 6.10 Å². The van der Waals surface area contributed by atoms with Crippen LogP contribution in [0, 0.1) is 0 Å². The van der Waals surface area contributed by atoms with E-state index in [0.717, 1.165) is 12.0 Å². The van der Waals surface area contributed by atoms with E-state index in [4.69, 9.17) is 15.6 Å². The van der Waals surface area contributed by atoms with Crippen LogP contribution in [0.4, 0.5) is 0 Å². The summed E-state index contributed by atoms with van der Waals surface area (Å²) in [5.74, 6) is -1.80. The van der Waals surface area contributed by atoms with E-state index in [1.807, 2.05) is 37.3 Å². The largest absolute Gasteiger partial charge is 0.479 e. The normalized spacial score (nSPS) is 13.5. The zero-order chi connectivity index (χ0) is 15.0. The second-order valence-electron chi connectivity index (χ2n) is 4.70. The highest BCUT2D eigenvalue weighted by Crippen LogP contribution is 2.08. The quantitative estimate of drug-likeness (QED) is 0.707. The summed E-state index contributed by atoms with van der Waals surface area (Å²) in [5.41, 5.74) is 6.67.